The van der Waals surface area contributed by atoms with Gasteiger partial charge in [-0.3, -0.25) is 4.79 Å². The molecule has 85 heavy (non-hydrogen) atoms. The summed E-state index contributed by atoms with van der Waals surface area (Å²) in [6.45, 7) is 4.22. The second-order valence-electron chi connectivity index (χ2n) is 26.0. The van der Waals surface area contributed by atoms with Gasteiger partial charge in [-0.25, -0.2) is 0 Å². The molecule has 0 aromatic carbocycles. The molecule has 0 aromatic rings. The van der Waals surface area contributed by atoms with Crippen LogP contribution in [0.1, 0.15) is 406 Å². The molecule has 0 rings (SSSR count). The molecule has 3 N–H and O–H groups in total. The van der Waals surface area contributed by atoms with Gasteiger partial charge in [-0.05, 0) is 83.5 Å². The Morgan fingerprint density at radius 1 is 0.294 bits per heavy atom. The Balaban J connectivity index is 3.45. The first kappa shape index (κ1) is 82.6. The maximum atomic E-state index is 12.6. The molecule has 0 saturated heterocycles. The number of nitrogens with one attached hydrogen (secondary N) is 1. The Hall–Kier alpha value is -2.43. The summed E-state index contributed by atoms with van der Waals surface area (Å²) in [6, 6.07) is -0.649. The summed E-state index contributed by atoms with van der Waals surface area (Å²) in [6.07, 6.45) is 111. The van der Waals surface area contributed by atoms with Crippen LogP contribution >= 0.6 is 0 Å². The maximum Gasteiger partial charge on any atom is 0.220 e. The molecule has 0 aromatic heterocycles. The Kier molecular flexibility index (Phi) is 73.7. The van der Waals surface area contributed by atoms with Crippen molar-refractivity contribution in [2.45, 2.75) is 418 Å². The Labute approximate surface area is 532 Å². The number of carbonyl (C=O) groups is 1. The number of unbranched alkanes of at least 4 members (excludes halogenated alkanes) is 52. The number of carbonyl (C=O) groups excluding carboxylic acids is 1. The van der Waals surface area contributed by atoms with E-state index >= 15 is 0 Å². The quantitative estimate of drug-likeness (QED) is 0.0420. The first-order chi connectivity index (χ1) is 42.2. The minimum Gasteiger partial charge on any atom is -0.394 e. The molecule has 0 radical (unpaired) electrons. The van der Waals surface area contributed by atoms with E-state index in [0.717, 1.165) is 64.2 Å². The number of rotatable bonds is 71. The van der Waals surface area contributed by atoms with Crippen molar-refractivity contribution in [3.05, 3.63) is 85.1 Å². The standard InChI is InChI=1S/C81H149NO3/c1-3-5-7-9-11-13-15-17-19-21-23-25-27-29-31-33-35-37-38-39-40-41-42-43-44-45-47-49-51-53-55-57-59-61-63-65-67-69-71-73-75-77-81(85)82-79(78-83)80(84)76-74-72-70-68-66-64-62-60-58-56-54-52-50-48-46-36-34-32-30-28-26-24-22-20-18-16-14-12-10-8-6-4-2/h5,7,11,13,17,19,23,25,58,60,66,68,74,76,79-80,83-84H,3-4,6,8-10,12,14-16,18,20-22,24,26-57,59,61-65,67,69-73,75,77-78H2,1-2H3,(H,82,85)/b7-5-,13-11-,19-17-,25-23-,60-58+,68-66+,76-74+. The smallest absolute Gasteiger partial charge is 0.220 e. The van der Waals surface area contributed by atoms with Gasteiger partial charge in [0, 0.05) is 6.42 Å². The Bertz CT molecular complexity index is 1490. The van der Waals surface area contributed by atoms with Crippen LogP contribution in [0.5, 0.6) is 0 Å². The molecule has 4 nitrogen and oxygen atoms in total. The van der Waals surface area contributed by atoms with Crippen LogP contribution < -0.4 is 5.32 Å². The monoisotopic (exact) mass is 1180 g/mol. The lowest BCUT2D eigenvalue weighted by molar-refractivity contribution is -0.123. The minimum atomic E-state index is -0.874. The van der Waals surface area contributed by atoms with Gasteiger partial charge in [-0.2, -0.15) is 0 Å². The summed E-state index contributed by atoms with van der Waals surface area (Å²) in [5, 5.41) is 23.3. The highest BCUT2D eigenvalue weighted by atomic mass is 16.3. The predicted octanol–water partition coefficient (Wildman–Crippen LogP) is 26.6. The molecule has 0 aliphatic carbocycles. The van der Waals surface area contributed by atoms with Gasteiger partial charge >= 0.3 is 0 Å². The van der Waals surface area contributed by atoms with Crippen LogP contribution in [0.15, 0.2) is 85.1 Å². The zero-order chi connectivity index (χ0) is 61.2. The Morgan fingerprint density at radius 3 is 0.824 bits per heavy atom. The summed E-state index contributed by atoms with van der Waals surface area (Å²) in [5.41, 5.74) is 0. The van der Waals surface area contributed by atoms with Crippen molar-refractivity contribution in [1.29, 1.82) is 0 Å². The molecular weight excluding hydrogens is 1030 g/mol. The average molecular weight is 1190 g/mol. The molecule has 496 valence electrons. The molecule has 0 heterocycles. The van der Waals surface area contributed by atoms with E-state index in [9.17, 15) is 15.0 Å². The highest BCUT2D eigenvalue weighted by molar-refractivity contribution is 5.76. The van der Waals surface area contributed by atoms with Gasteiger partial charge in [0.2, 0.25) is 5.91 Å². The third-order valence-electron chi connectivity index (χ3n) is 17.6. The van der Waals surface area contributed by atoms with Gasteiger partial charge in [0.25, 0.3) is 0 Å². The van der Waals surface area contributed by atoms with Crippen molar-refractivity contribution < 1.29 is 15.0 Å². The van der Waals surface area contributed by atoms with Gasteiger partial charge < -0.3 is 15.5 Å². The molecule has 2 atom stereocenters. The normalized spacial score (nSPS) is 13.1. The van der Waals surface area contributed by atoms with E-state index < -0.39 is 12.1 Å². The SMILES string of the molecule is CC/C=C\C/C=C\C/C=C\C/C=C\CCCCCCCCCCCCCCCCCCCCCCCCCCCCCCC(=O)NC(CO)C(O)/C=C/CC/C=C/CC/C=C/CCCCCCCCCCCCCCCCCCCCCCCC. The van der Waals surface area contributed by atoms with Gasteiger partial charge in [0.1, 0.15) is 0 Å². The third kappa shape index (κ3) is 72.2. The van der Waals surface area contributed by atoms with E-state index in [0.29, 0.717) is 6.42 Å². The van der Waals surface area contributed by atoms with Crippen LogP contribution in [-0.4, -0.2) is 34.9 Å². The van der Waals surface area contributed by atoms with Crippen LogP contribution in [0.3, 0.4) is 0 Å². The lowest BCUT2D eigenvalue weighted by atomic mass is 10.0. The molecule has 0 fully saturated rings. The fourth-order valence-corrected chi connectivity index (χ4v) is 11.9. The largest absolute Gasteiger partial charge is 0.394 e. The average Bonchev–Trinajstić information content (AvgIpc) is 3.51. The zero-order valence-corrected chi connectivity index (χ0v) is 57.4. The second kappa shape index (κ2) is 75.8. The van der Waals surface area contributed by atoms with E-state index in [1.54, 1.807) is 6.08 Å². The van der Waals surface area contributed by atoms with Crippen LogP contribution in [0, 0.1) is 0 Å². The van der Waals surface area contributed by atoms with E-state index in [2.05, 4.69) is 92.1 Å². The predicted molar refractivity (Wildman–Crippen MR) is 382 cm³/mol. The third-order valence-corrected chi connectivity index (χ3v) is 17.6. The molecule has 0 saturated carbocycles. The molecule has 2 unspecified atom stereocenters. The molecular formula is C81H149NO3. The van der Waals surface area contributed by atoms with Gasteiger partial charge in [0.15, 0.2) is 0 Å². The van der Waals surface area contributed by atoms with Crippen LogP contribution in [0.25, 0.3) is 0 Å². The summed E-state index contributed by atoms with van der Waals surface area (Å²) < 4.78 is 0. The first-order valence-electron chi connectivity index (χ1n) is 38.3. The number of allylic oxidation sites excluding steroid dienone is 13. The topological polar surface area (TPSA) is 69.6 Å². The summed E-state index contributed by atoms with van der Waals surface area (Å²) in [5.74, 6) is -0.0713. The maximum absolute atomic E-state index is 12.6. The highest BCUT2D eigenvalue weighted by Crippen LogP contribution is 2.19. The summed E-state index contributed by atoms with van der Waals surface area (Å²) in [4.78, 5) is 12.6. The van der Waals surface area contributed by atoms with Crippen molar-refractivity contribution in [2.24, 2.45) is 0 Å². The van der Waals surface area contributed by atoms with Gasteiger partial charge in [-0.1, -0.05) is 401 Å². The van der Waals surface area contributed by atoms with E-state index in [4.69, 9.17) is 0 Å². The fourth-order valence-electron chi connectivity index (χ4n) is 11.9. The summed E-state index contributed by atoms with van der Waals surface area (Å²) in [7, 11) is 0. The molecule has 0 aliphatic rings. The second-order valence-corrected chi connectivity index (χ2v) is 26.0. The number of amides is 1. The molecule has 0 aliphatic heterocycles. The number of hydrogen-bond donors (Lipinski definition) is 3. The van der Waals surface area contributed by atoms with Crippen molar-refractivity contribution in [1.82, 2.24) is 5.32 Å². The number of aliphatic hydroxyl groups is 2. The van der Waals surface area contributed by atoms with Crippen molar-refractivity contribution in [2.75, 3.05) is 6.61 Å². The highest BCUT2D eigenvalue weighted by Gasteiger charge is 2.18. The van der Waals surface area contributed by atoms with Crippen LogP contribution in [0.4, 0.5) is 0 Å². The van der Waals surface area contributed by atoms with E-state index in [1.807, 2.05) is 6.08 Å². The van der Waals surface area contributed by atoms with Crippen molar-refractivity contribution in [3.63, 3.8) is 0 Å². The molecule has 0 bridgehead atoms. The minimum absolute atomic E-state index is 0.0713. The lowest BCUT2D eigenvalue weighted by Gasteiger charge is -2.19. The molecule has 0 spiro atoms. The van der Waals surface area contributed by atoms with E-state index in [1.165, 1.54) is 321 Å². The van der Waals surface area contributed by atoms with Crippen LogP contribution in [-0.2, 0) is 4.79 Å². The van der Waals surface area contributed by atoms with Gasteiger partial charge in [0.05, 0.1) is 18.8 Å². The molecule has 1 amide bonds. The van der Waals surface area contributed by atoms with E-state index in [-0.39, 0.29) is 12.5 Å². The summed E-state index contributed by atoms with van der Waals surface area (Å²) >= 11 is 0. The lowest BCUT2D eigenvalue weighted by Crippen LogP contribution is -2.45. The first-order valence-corrected chi connectivity index (χ1v) is 38.3. The number of aliphatic hydroxyl groups excluding tert-OH is 2. The Morgan fingerprint density at radius 2 is 0.529 bits per heavy atom. The fraction of sp³-hybridized carbons (Fsp3) is 0.815. The van der Waals surface area contributed by atoms with Crippen molar-refractivity contribution in [3.8, 4) is 0 Å². The molecule has 4 heteroatoms. The van der Waals surface area contributed by atoms with Crippen LogP contribution in [0.2, 0.25) is 0 Å². The zero-order valence-electron chi connectivity index (χ0n) is 57.4. The number of hydrogen-bond acceptors (Lipinski definition) is 3. The van der Waals surface area contributed by atoms with Gasteiger partial charge in [-0.15, -0.1) is 0 Å². The van der Waals surface area contributed by atoms with Crippen molar-refractivity contribution >= 4 is 5.91 Å².